The highest BCUT2D eigenvalue weighted by molar-refractivity contribution is 8.15. The van der Waals surface area contributed by atoms with E-state index >= 15 is 0 Å². The Morgan fingerprint density at radius 1 is 1.25 bits per heavy atom. The van der Waals surface area contributed by atoms with Crippen molar-refractivity contribution in [3.63, 3.8) is 0 Å². The van der Waals surface area contributed by atoms with Crippen LogP contribution in [0, 0.1) is 10.1 Å². The molecule has 1 fully saturated rings. The summed E-state index contributed by atoms with van der Waals surface area (Å²) in [4.78, 5) is 42.0. The second-order valence-corrected chi connectivity index (χ2v) is 7.82. The van der Waals surface area contributed by atoms with E-state index in [9.17, 15) is 19.7 Å². The molecule has 1 saturated heterocycles. The second kappa shape index (κ2) is 10.1. The standard InChI is InChI=1S/C21H22N4O6S/c1-4-24-20(27)18(12-19(26)22-14-7-5-6-8-16(14)25(28)29)32-21(24)23-15-10-9-13(30-2)11-17(15)31-3/h5-11,18H,4,12H2,1-3H3,(H,22,26)/t18-/m1/s1. The van der Waals surface area contributed by atoms with E-state index in [2.05, 4.69) is 10.3 Å². The van der Waals surface area contributed by atoms with Crippen molar-refractivity contribution in [1.82, 2.24) is 4.90 Å². The molecular formula is C21H22N4O6S. The second-order valence-electron chi connectivity index (χ2n) is 6.65. The van der Waals surface area contributed by atoms with Crippen molar-refractivity contribution in [2.24, 2.45) is 4.99 Å². The van der Waals surface area contributed by atoms with Crippen LogP contribution in [-0.2, 0) is 9.59 Å². The lowest BCUT2D eigenvalue weighted by molar-refractivity contribution is -0.383. The van der Waals surface area contributed by atoms with Gasteiger partial charge in [-0.15, -0.1) is 0 Å². The highest BCUT2D eigenvalue weighted by Gasteiger charge is 2.38. The van der Waals surface area contributed by atoms with Gasteiger partial charge in [-0.25, -0.2) is 4.99 Å². The molecule has 0 bridgehead atoms. The zero-order valence-electron chi connectivity index (χ0n) is 17.7. The number of carbonyl (C=O) groups excluding carboxylic acids is 2. The number of aliphatic imine (C=N–C) groups is 1. The van der Waals surface area contributed by atoms with E-state index < -0.39 is 16.1 Å². The highest BCUT2D eigenvalue weighted by atomic mass is 32.2. The molecule has 0 unspecified atom stereocenters. The summed E-state index contributed by atoms with van der Waals surface area (Å²) in [5.74, 6) is 0.349. The first-order chi connectivity index (χ1) is 15.4. The number of amides is 2. The van der Waals surface area contributed by atoms with Crippen molar-refractivity contribution in [1.29, 1.82) is 0 Å². The number of ether oxygens (including phenoxy) is 2. The molecular weight excluding hydrogens is 436 g/mol. The molecule has 0 aliphatic carbocycles. The molecule has 11 heteroatoms. The van der Waals surface area contributed by atoms with Gasteiger partial charge < -0.3 is 14.8 Å². The molecule has 168 valence electrons. The Morgan fingerprint density at radius 3 is 2.66 bits per heavy atom. The fourth-order valence-corrected chi connectivity index (χ4v) is 4.32. The van der Waals surface area contributed by atoms with Crippen molar-refractivity contribution < 1.29 is 24.0 Å². The maximum absolute atomic E-state index is 12.8. The third-order valence-corrected chi connectivity index (χ3v) is 5.86. The Kier molecular flexibility index (Phi) is 7.31. The van der Waals surface area contributed by atoms with Crippen molar-refractivity contribution in [3.8, 4) is 11.5 Å². The van der Waals surface area contributed by atoms with Crippen LogP contribution in [0.5, 0.6) is 11.5 Å². The molecule has 3 rings (SSSR count). The fraction of sp³-hybridized carbons (Fsp3) is 0.286. The molecule has 0 aromatic heterocycles. The number of nitrogens with one attached hydrogen (secondary N) is 1. The predicted octanol–water partition coefficient (Wildman–Crippen LogP) is 3.59. The number of methoxy groups -OCH3 is 2. The normalized spacial score (nSPS) is 16.8. The van der Waals surface area contributed by atoms with Crippen LogP contribution in [0.1, 0.15) is 13.3 Å². The number of rotatable bonds is 8. The van der Waals surface area contributed by atoms with E-state index in [0.717, 1.165) is 0 Å². The number of carbonyl (C=O) groups is 2. The summed E-state index contributed by atoms with van der Waals surface area (Å²) in [7, 11) is 3.06. The number of thioether (sulfide) groups is 1. The summed E-state index contributed by atoms with van der Waals surface area (Å²) in [6, 6.07) is 11.0. The lowest BCUT2D eigenvalue weighted by Crippen LogP contribution is -2.33. The average molecular weight is 458 g/mol. The molecule has 2 aromatic carbocycles. The van der Waals surface area contributed by atoms with Gasteiger partial charge in [-0.05, 0) is 25.1 Å². The first-order valence-electron chi connectivity index (χ1n) is 9.70. The Morgan fingerprint density at radius 2 is 2.00 bits per heavy atom. The van der Waals surface area contributed by atoms with Crippen LogP contribution in [0.4, 0.5) is 17.1 Å². The number of benzene rings is 2. The minimum Gasteiger partial charge on any atom is -0.497 e. The molecule has 0 radical (unpaired) electrons. The van der Waals surface area contributed by atoms with E-state index in [4.69, 9.17) is 9.47 Å². The maximum Gasteiger partial charge on any atom is 0.292 e. The van der Waals surface area contributed by atoms with Crippen LogP contribution in [0.3, 0.4) is 0 Å². The number of anilines is 1. The van der Waals surface area contributed by atoms with E-state index in [0.29, 0.717) is 28.9 Å². The van der Waals surface area contributed by atoms with Gasteiger partial charge in [0.05, 0.1) is 19.1 Å². The smallest absolute Gasteiger partial charge is 0.292 e. The monoisotopic (exact) mass is 458 g/mol. The van der Waals surface area contributed by atoms with Crippen LogP contribution in [0.15, 0.2) is 47.5 Å². The van der Waals surface area contributed by atoms with Crippen LogP contribution < -0.4 is 14.8 Å². The Balaban J connectivity index is 1.78. The molecule has 1 heterocycles. The quantitative estimate of drug-likeness (QED) is 0.473. The third kappa shape index (κ3) is 4.99. The summed E-state index contributed by atoms with van der Waals surface area (Å²) in [5, 5.41) is 13.4. The summed E-state index contributed by atoms with van der Waals surface area (Å²) in [6.07, 6.45) is -0.148. The van der Waals surface area contributed by atoms with Gasteiger partial charge in [-0.3, -0.25) is 24.6 Å². The number of hydrogen-bond donors (Lipinski definition) is 1. The Labute approximate surface area is 188 Å². The molecule has 2 amide bonds. The molecule has 1 atom stereocenters. The minimum absolute atomic E-state index is 0.0853. The van der Waals surface area contributed by atoms with E-state index in [1.807, 2.05) is 6.92 Å². The predicted molar refractivity (Wildman–Crippen MR) is 122 cm³/mol. The van der Waals surface area contributed by atoms with Gasteiger partial charge in [-0.2, -0.15) is 0 Å². The minimum atomic E-state index is -0.694. The number of nitro benzene ring substituents is 1. The zero-order valence-corrected chi connectivity index (χ0v) is 18.5. The first kappa shape index (κ1) is 23.1. The molecule has 0 saturated carbocycles. The van der Waals surface area contributed by atoms with Gasteiger partial charge in [0.1, 0.15) is 28.1 Å². The summed E-state index contributed by atoms with van der Waals surface area (Å²) < 4.78 is 10.6. The topological polar surface area (TPSA) is 123 Å². The van der Waals surface area contributed by atoms with Gasteiger partial charge in [-0.1, -0.05) is 23.9 Å². The van der Waals surface area contributed by atoms with E-state index in [-0.39, 0.29) is 23.7 Å². The Hall–Kier alpha value is -3.60. The first-order valence-corrected chi connectivity index (χ1v) is 10.6. The largest absolute Gasteiger partial charge is 0.497 e. The molecule has 2 aromatic rings. The van der Waals surface area contributed by atoms with Crippen molar-refractivity contribution in [3.05, 3.63) is 52.6 Å². The summed E-state index contributed by atoms with van der Waals surface area (Å²) >= 11 is 1.17. The van der Waals surface area contributed by atoms with Gasteiger partial charge in [0.15, 0.2) is 5.17 Å². The highest BCUT2D eigenvalue weighted by Crippen LogP contribution is 2.36. The van der Waals surface area contributed by atoms with E-state index in [1.165, 1.54) is 42.0 Å². The van der Waals surface area contributed by atoms with Gasteiger partial charge in [0.2, 0.25) is 11.8 Å². The van der Waals surface area contributed by atoms with Crippen molar-refractivity contribution in [2.45, 2.75) is 18.6 Å². The summed E-state index contributed by atoms with van der Waals surface area (Å²) in [5.41, 5.74) is 0.393. The lowest BCUT2D eigenvalue weighted by Gasteiger charge is -2.14. The summed E-state index contributed by atoms with van der Waals surface area (Å²) in [6.45, 7) is 2.19. The fourth-order valence-electron chi connectivity index (χ4n) is 3.10. The molecule has 0 spiro atoms. The number of hydrogen-bond acceptors (Lipinski definition) is 8. The van der Waals surface area contributed by atoms with Gasteiger partial charge in [0.25, 0.3) is 5.69 Å². The lowest BCUT2D eigenvalue weighted by atomic mass is 10.2. The molecule has 1 N–H and O–H groups in total. The average Bonchev–Trinajstić information content (AvgIpc) is 3.07. The number of nitrogens with zero attached hydrogens (tertiary/aromatic N) is 3. The molecule has 1 aliphatic rings. The Bertz CT molecular complexity index is 1070. The molecule has 10 nitrogen and oxygen atoms in total. The number of para-hydroxylation sites is 2. The van der Waals surface area contributed by atoms with E-state index in [1.54, 1.807) is 31.4 Å². The van der Waals surface area contributed by atoms with Crippen LogP contribution in [-0.4, -0.2) is 52.8 Å². The zero-order chi connectivity index (χ0) is 23.3. The van der Waals surface area contributed by atoms with Crippen molar-refractivity contribution >= 4 is 45.8 Å². The molecule has 1 aliphatic heterocycles. The number of nitro groups is 1. The van der Waals surface area contributed by atoms with Crippen molar-refractivity contribution in [2.75, 3.05) is 26.1 Å². The van der Waals surface area contributed by atoms with Gasteiger partial charge >= 0.3 is 0 Å². The molecule has 32 heavy (non-hydrogen) atoms. The van der Waals surface area contributed by atoms with Gasteiger partial charge in [0, 0.05) is 25.1 Å². The number of amidine groups is 1. The SMILES string of the molecule is CCN1C(=O)[C@@H](CC(=O)Nc2ccccc2[N+](=O)[O-])SC1=Nc1ccc(OC)cc1OC. The third-order valence-electron chi connectivity index (χ3n) is 4.68. The van der Waals surface area contributed by atoms with Crippen LogP contribution in [0.25, 0.3) is 0 Å². The maximum atomic E-state index is 12.8. The van der Waals surface area contributed by atoms with Crippen LogP contribution in [0.2, 0.25) is 0 Å². The van der Waals surface area contributed by atoms with Crippen LogP contribution >= 0.6 is 11.8 Å².